The van der Waals surface area contributed by atoms with Crippen LogP contribution in [-0.4, -0.2) is 71.0 Å². The van der Waals surface area contributed by atoms with Crippen LogP contribution >= 0.6 is 11.6 Å². The Morgan fingerprint density at radius 3 is 2.24 bits per heavy atom. The van der Waals surface area contributed by atoms with Crippen molar-refractivity contribution in [1.29, 1.82) is 0 Å². The third-order valence-electron chi connectivity index (χ3n) is 5.17. The zero-order chi connectivity index (χ0) is 24.8. The molecule has 1 heterocycles. The Labute approximate surface area is 191 Å². The summed E-state index contributed by atoms with van der Waals surface area (Å²) in [6, 6.07) is 0.860. The monoisotopic (exact) mass is 492 g/mol. The summed E-state index contributed by atoms with van der Waals surface area (Å²) in [5.74, 6) is -3.64. The van der Waals surface area contributed by atoms with Gasteiger partial charge in [0, 0.05) is 12.8 Å². The third kappa shape index (κ3) is 6.75. The van der Waals surface area contributed by atoms with Crippen molar-refractivity contribution in [1.82, 2.24) is 10.6 Å². The van der Waals surface area contributed by atoms with E-state index in [-0.39, 0.29) is 30.0 Å². The lowest BCUT2D eigenvalue weighted by Crippen LogP contribution is -2.66. The molecule has 0 unspecified atom stereocenters. The number of aldehydes is 1. The minimum Gasteiger partial charge on any atom is -0.481 e. The molecule has 0 aliphatic carbocycles. The predicted octanol–water partition coefficient (Wildman–Crippen LogP) is 2.28. The minimum atomic E-state index is -4.86. The van der Waals surface area contributed by atoms with Crippen molar-refractivity contribution in [2.75, 3.05) is 13.1 Å². The van der Waals surface area contributed by atoms with E-state index in [1.807, 2.05) is 5.32 Å². The van der Waals surface area contributed by atoms with E-state index in [4.69, 9.17) is 16.7 Å². The largest absolute Gasteiger partial charge is 0.481 e. The SMILES string of the molecule is O=C[C@H](CC(=O)O)NC(=O)[N+]1(C(=O)[C@H](CC(F)(F)F)NC(=O)c2ccccc2Cl)CCCC1. The number of likely N-dealkylation sites (tertiary alicyclic amines) is 1. The highest BCUT2D eigenvalue weighted by Gasteiger charge is 2.53. The third-order valence-corrected chi connectivity index (χ3v) is 5.50. The molecular formula is C20H22ClF3N3O6+. The molecule has 1 aliphatic rings. The summed E-state index contributed by atoms with van der Waals surface area (Å²) in [5.41, 5.74) is -0.154. The fourth-order valence-electron chi connectivity index (χ4n) is 3.61. The molecule has 0 aromatic heterocycles. The van der Waals surface area contributed by atoms with Gasteiger partial charge in [-0.3, -0.25) is 14.9 Å². The quantitative estimate of drug-likeness (QED) is 0.377. The van der Waals surface area contributed by atoms with E-state index in [1.54, 1.807) is 0 Å². The lowest BCUT2D eigenvalue weighted by Gasteiger charge is -2.32. The summed E-state index contributed by atoms with van der Waals surface area (Å²) in [4.78, 5) is 60.8. The van der Waals surface area contributed by atoms with Gasteiger partial charge < -0.3 is 15.2 Å². The number of hydrogen-bond donors (Lipinski definition) is 3. The number of urea groups is 1. The minimum absolute atomic E-state index is 0.0430. The number of carboxylic acids is 1. The van der Waals surface area contributed by atoms with Crippen molar-refractivity contribution in [3.8, 4) is 0 Å². The number of benzene rings is 1. The van der Waals surface area contributed by atoms with Crippen LogP contribution < -0.4 is 10.6 Å². The van der Waals surface area contributed by atoms with E-state index in [9.17, 15) is 37.1 Å². The molecule has 0 bridgehead atoms. The van der Waals surface area contributed by atoms with Crippen LogP contribution in [-0.2, 0) is 14.4 Å². The van der Waals surface area contributed by atoms with Gasteiger partial charge in [0.1, 0.15) is 12.3 Å². The number of halogens is 4. The van der Waals surface area contributed by atoms with Gasteiger partial charge in [-0.25, -0.2) is 9.59 Å². The van der Waals surface area contributed by atoms with Crippen LogP contribution in [0.25, 0.3) is 0 Å². The first kappa shape index (κ1) is 26.3. The van der Waals surface area contributed by atoms with Gasteiger partial charge in [-0.1, -0.05) is 23.7 Å². The normalized spacial score (nSPS) is 17.0. The van der Waals surface area contributed by atoms with Crippen LogP contribution in [0.5, 0.6) is 0 Å². The van der Waals surface area contributed by atoms with Crippen molar-refractivity contribution >= 4 is 41.7 Å². The number of rotatable bonds is 8. The van der Waals surface area contributed by atoms with Gasteiger partial charge in [0.15, 0.2) is 6.04 Å². The van der Waals surface area contributed by atoms with E-state index in [0.717, 1.165) is 0 Å². The Morgan fingerprint density at radius 2 is 1.73 bits per heavy atom. The van der Waals surface area contributed by atoms with Crippen LogP contribution in [0, 0.1) is 0 Å². The molecule has 33 heavy (non-hydrogen) atoms. The second-order valence-corrected chi connectivity index (χ2v) is 7.98. The molecule has 0 saturated carbocycles. The molecule has 3 N–H and O–H groups in total. The number of carbonyl (C=O) groups excluding carboxylic acids is 4. The van der Waals surface area contributed by atoms with E-state index in [0.29, 0.717) is 12.8 Å². The number of hydrogen-bond acceptors (Lipinski definition) is 5. The second kappa shape index (κ2) is 10.8. The molecule has 13 heteroatoms. The number of carboxylic acid groups (broad SMARTS) is 1. The van der Waals surface area contributed by atoms with Crippen LogP contribution in [0.4, 0.5) is 18.0 Å². The van der Waals surface area contributed by atoms with Crippen molar-refractivity contribution in [2.24, 2.45) is 0 Å². The first-order valence-electron chi connectivity index (χ1n) is 9.91. The maximum absolute atomic E-state index is 13.3. The molecule has 4 amide bonds. The maximum Gasteiger partial charge on any atom is 0.424 e. The highest BCUT2D eigenvalue weighted by molar-refractivity contribution is 6.33. The van der Waals surface area contributed by atoms with Crippen LogP contribution in [0.3, 0.4) is 0 Å². The Balaban J connectivity index is 2.35. The number of alkyl halides is 3. The topological polar surface area (TPSA) is 130 Å². The molecule has 2 rings (SSSR count). The molecule has 1 aliphatic heterocycles. The summed E-state index contributed by atoms with van der Waals surface area (Å²) in [7, 11) is 0. The average molecular weight is 493 g/mol. The standard InChI is InChI=1S/C20H21ClF3N3O6/c21-14-6-2-1-5-13(14)17(31)26-15(10-20(22,23)24)18(32)27(7-3-4-8-27)19(33)25-12(11-28)9-16(29)30/h1-2,5-6,11-12,15H,3-4,7-10H2,(H2-,25,26,29,30,31,33)/p+1/t12-,15-/m0/s1. The predicted molar refractivity (Wildman–Crippen MR) is 108 cm³/mol. The molecule has 0 radical (unpaired) electrons. The Kier molecular flexibility index (Phi) is 8.56. The molecule has 1 fully saturated rings. The number of nitrogens with zero attached hydrogens (tertiary/aromatic N) is 1. The highest BCUT2D eigenvalue weighted by Crippen LogP contribution is 2.28. The van der Waals surface area contributed by atoms with E-state index in [1.165, 1.54) is 24.3 Å². The molecule has 1 saturated heterocycles. The van der Waals surface area contributed by atoms with Crippen molar-refractivity contribution in [3.63, 3.8) is 0 Å². The number of aliphatic carboxylic acids is 1. The maximum atomic E-state index is 13.3. The summed E-state index contributed by atoms with van der Waals surface area (Å²) in [5, 5.41) is 13.0. The van der Waals surface area contributed by atoms with Gasteiger partial charge in [0.2, 0.25) is 0 Å². The van der Waals surface area contributed by atoms with E-state index >= 15 is 0 Å². The Morgan fingerprint density at radius 1 is 1.12 bits per heavy atom. The second-order valence-electron chi connectivity index (χ2n) is 7.58. The Hall–Kier alpha value is -2.99. The highest BCUT2D eigenvalue weighted by atomic mass is 35.5. The van der Waals surface area contributed by atoms with Crippen molar-refractivity contribution in [2.45, 2.75) is 43.9 Å². The van der Waals surface area contributed by atoms with Crippen molar-refractivity contribution in [3.05, 3.63) is 34.9 Å². The van der Waals surface area contributed by atoms with E-state index in [2.05, 4.69) is 5.32 Å². The molecule has 2 atom stereocenters. The van der Waals surface area contributed by atoms with Gasteiger partial charge in [0.05, 0.1) is 36.5 Å². The molecule has 1 aromatic rings. The summed E-state index contributed by atoms with van der Waals surface area (Å²) in [6.07, 6.45) is -6.55. The van der Waals surface area contributed by atoms with Gasteiger partial charge in [-0.2, -0.15) is 17.7 Å². The summed E-state index contributed by atoms with van der Waals surface area (Å²) in [6.45, 7) is -0.334. The lowest BCUT2D eigenvalue weighted by molar-refractivity contribution is -0.761. The lowest BCUT2D eigenvalue weighted by atomic mass is 10.1. The molecule has 0 spiro atoms. The average Bonchev–Trinajstić information content (AvgIpc) is 3.22. The number of carbonyl (C=O) groups is 5. The summed E-state index contributed by atoms with van der Waals surface area (Å²) >= 11 is 5.92. The van der Waals surface area contributed by atoms with Gasteiger partial charge >= 0.3 is 24.1 Å². The number of nitrogens with one attached hydrogen (secondary N) is 2. The van der Waals surface area contributed by atoms with Gasteiger partial charge in [-0.15, -0.1) is 0 Å². The Bertz CT molecular complexity index is 934. The zero-order valence-corrected chi connectivity index (χ0v) is 18.0. The fourth-order valence-corrected chi connectivity index (χ4v) is 3.83. The molecular weight excluding hydrogens is 471 g/mol. The van der Waals surface area contributed by atoms with Crippen molar-refractivity contribution < 1.29 is 46.7 Å². The molecule has 180 valence electrons. The first-order chi connectivity index (χ1) is 15.4. The first-order valence-corrected chi connectivity index (χ1v) is 10.3. The zero-order valence-electron chi connectivity index (χ0n) is 17.2. The smallest absolute Gasteiger partial charge is 0.424 e. The van der Waals surface area contributed by atoms with E-state index < -0.39 is 59.4 Å². The number of amides is 4. The van der Waals surface area contributed by atoms with Gasteiger partial charge in [-0.05, 0) is 12.1 Å². The van der Waals surface area contributed by atoms with Gasteiger partial charge in [0.25, 0.3) is 5.91 Å². The van der Waals surface area contributed by atoms with Crippen LogP contribution in [0.15, 0.2) is 24.3 Å². The fraction of sp³-hybridized carbons (Fsp3) is 0.450. The van der Waals surface area contributed by atoms with Crippen LogP contribution in [0.2, 0.25) is 5.02 Å². The number of quaternary nitrogens is 1. The summed E-state index contributed by atoms with van der Waals surface area (Å²) < 4.78 is 38.7. The molecule has 1 aromatic carbocycles. The number of imide groups is 1. The molecule has 9 nitrogen and oxygen atoms in total. The van der Waals surface area contributed by atoms with Crippen LogP contribution in [0.1, 0.15) is 36.0 Å².